The molecular weight excluding hydrogens is 347 g/mol. The van der Waals surface area contributed by atoms with Crippen molar-refractivity contribution in [3.63, 3.8) is 0 Å². The maximum atomic E-state index is 13.0. The molecule has 102 valence electrons. The quantitative estimate of drug-likeness (QED) is 0.768. The minimum absolute atomic E-state index is 0.0130. The van der Waals surface area contributed by atoms with Gasteiger partial charge in [0, 0.05) is 4.47 Å². The number of anilines is 1. The van der Waals surface area contributed by atoms with Gasteiger partial charge in [0.15, 0.2) is 0 Å². The molecule has 8 heteroatoms. The van der Waals surface area contributed by atoms with Gasteiger partial charge >= 0.3 is 0 Å². The van der Waals surface area contributed by atoms with Gasteiger partial charge in [-0.3, -0.25) is 4.72 Å². The lowest BCUT2D eigenvalue weighted by molar-refractivity contribution is 0.596. The predicted molar refractivity (Wildman–Crippen MR) is 75.1 cm³/mol. The van der Waals surface area contributed by atoms with Crippen LogP contribution in [0.2, 0.25) is 5.02 Å². The lowest BCUT2D eigenvalue weighted by Gasteiger charge is -2.11. The van der Waals surface area contributed by atoms with E-state index < -0.39 is 15.8 Å². The van der Waals surface area contributed by atoms with E-state index in [9.17, 15) is 12.8 Å². The van der Waals surface area contributed by atoms with Crippen LogP contribution in [-0.4, -0.2) is 27.8 Å². The van der Waals surface area contributed by atoms with E-state index in [1.807, 2.05) is 0 Å². The van der Waals surface area contributed by atoms with E-state index in [2.05, 4.69) is 26.0 Å². The van der Waals surface area contributed by atoms with Crippen LogP contribution in [-0.2, 0) is 10.0 Å². The van der Waals surface area contributed by atoms with Crippen LogP contribution in [0.5, 0.6) is 0 Å². The third kappa shape index (κ3) is 4.72. The van der Waals surface area contributed by atoms with Crippen LogP contribution in [0.15, 0.2) is 16.6 Å². The van der Waals surface area contributed by atoms with Gasteiger partial charge in [0.05, 0.1) is 16.5 Å². The van der Waals surface area contributed by atoms with E-state index >= 15 is 0 Å². The summed E-state index contributed by atoms with van der Waals surface area (Å²) in [5.74, 6) is -0.571. The minimum atomic E-state index is -3.49. The van der Waals surface area contributed by atoms with Gasteiger partial charge in [-0.1, -0.05) is 11.6 Å². The third-order valence-electron chi connectivity index (χ3n) is 2.10. The molecule has 0 bridgehead atoms. The molecule has 0 aliphatic rings. The summed E-state index contributed by atoms with van der Waals surface area (Å²) in [6.07, 6.45) is 0.474. The smallest absolute Gasteiger partial charge is 0.232 e. The van der Waals surface area contributed by atoms with E-state index in [1.165, 1.54) is 0 Å². The maximum absolute atomic E-state index is 13.0. The first-order valence-corrected chi connectivity index (χ1v) is 7.97. The standard InChI is InChI=1S/C10H13BrClFN2O2S/c1-14-3-2-4-18(16,17)15-10-8(11)5-7(13)6-9(10)12/h5-6,14-15H,2-4H2,1H3. The Bertz CT molecular complexity index is 502. The molecule has 0 saturated carbocycles. The molecule has 4 nitrogen and oxygen atoms in total. The molecule has 1 aromatic rings. The van der Waals surface area contributed by atoms with Crippen molar-refractivity contribution in [3.05, 3.63) is 27.4 Å². The topological polar surface area (TPSA) is 58.2 Å². The zero-order valence-electron chi connectivity index (χ0n) is 9.63. The first-order chi connectivity index (χ1) is 8.35. The van der Waals surface area contributed by atoms with Crippen molar-refractivity contribution in [1.82, 2.24) is 5.32 Å². The van der Waals surface area contributed by atoms with Gasteiger partial charge in [-0.15, -0.1) is 0 Å². The number of sulfonamides is 1. The molecule has 0 heterocycles. The molecule has 0 atom stereocenters. The molecule has 0 aliphatic heterocycles. The molecule has 0 fully saturated rings. The Kier molecular flexibility index (Phi) is 5.84. The fourth-order valence-electron chi connectivity index (χ4n) is 1.29. The van der Waals surface area contributed by atoms with Crippen LogP contribution >= 0.6 is 27.5 Å². The van der Waals surface area contributed by atoms with Gasteiger partial charge in [0.25, 0.3) is 0 Å². The lowest BCUT2D eigenvalue weighted by Crippen LogP contribution is -2.20. The average molecular weight is 360 g/mol. The molecule has 1 rings (SSSR count). The summed E-state index contributed by atoms with van der Waals surface area (Å²) in [6.45, 7) is 0.596. The number of rotatable bonds is 6. The molecule has 0 aliphatic carbocycles. The van der Waals surface area contributed by atoms with Crippen LogP contribution in [0.25, 0.3) is 0 Å². The zero-order chi connectivity index (χ0) is 13.8. The lowest BCUT2D eigenvalue weighted by atomic mass is 10.3. The summed E-state index contributed by atoms with van der Waals surface area (Å²) < 4.78 is 39.1. The van der Waals surface area contributed by atoms with Crippen molar-refractivity contribution in [2.75, 3.05) is 24.1 Å². The largest absolute Gasteiger partial charge is 0.320 e. The Hall–Kier alpha value is -0.370. The van der Waals surface area contributed by atoms with Crippen molar-refractivity contribution in [2.24, 2.45) is 0 Å². The maximum Gasteiger partial charge on any atom is 0.232 e. The summed E-state index contributed by atoms with van der Waals surface area (Å²) in [5, 5.41) is 2.87. The number of benzene rings is 1. The van der Waals surface area contributed by atoms with Gasteiger partial charge < -0.3 is 5.32 Å². The van der Waals surface area contributed by atoms with E-state index in [1.54, 1.807) is 7.05 Å². The Morgan fingerprint density at radius 2 is 2.11 bits per heavy atom. The monoisotopic (exact) mass is 358 g/mol. The summed E-state index contributed by atoms with van der Waals surface area (Å²) >= 11 is 8.86. The third-order valence-corrected chi connectivity index (χ3v) is 4.37. The Labute approximate surface area is 119 Å². The van der Waals surface area contributed by atoms with E-state index in [0.29, 0.717) is 13.0 Å². The molecular formula is C10H13BrClFN2O2S. The molecule has 1 aromatic carbocycles. The van der Waals surface area contributed by atoms with Crippen molar-refractivity contribution in [2.45, 2.75) is 6.42 Å². The molecule has 0 saturated heterocycles. The summed E-state index contributed by atoms with van der Waals surface area (Å²) in [4.78, 5) is 0. The van der Waals surface area contributed by atoms with E-state index in [0.717, 1.165) is 12.1 Å². The first kappa shape index (κ1) is 15.7. The predicted octanol–water partition coefficient (Wildman–Crippen LogP) is 2.59. The fraction of sp³-hybridized carbons (Fsp3) is 0.400. The Morgan fingerprint density at radius 1 is 1.44 bits per heavy atom. The van der Waals surface area contributed by atoms with Gasteiger partial charge in [-0.25, -0.2) is 12.8 Å². The van der Waals surface area contributed by atoms with Crippen molar-refractivity contribution < 1.29 is 12.8 Å². The second-order valence-corrected chi connectivity index (χ2v) is 6.73. The Morgan fingerprint density at radius 3 is 2.67 bits per heavy atom. The molecule has 0 radical (unpaired) electrons. The highest BCUT2D eigenvalue weighted by atomic mass is 79.9. The molecule has 0 aromatic heterocycles. The zero-order valence-corrected chi connectivity index (χ0v) is 12.8. The minimum Gasteiger partial charge on any atom is -0.320 e. The van der Waals surface area contributed by atoms with E-state index in [4.69, 9.17) is 11.6 Å². The summed E-state index contributed by atoms with van der Waals surface area (Å²) in [5.41, 5.74) is 0.155. The number of hydrogen-bond acceptors (Lipinski definition) is 3. The van der Waals surface area contributed by atoms with Crippen LogP contribution in [0.3, 0.4) is 0 Å². The molecule has 0 spiro atoms. The van der Waals surface area contributed by atoms with Gasteiger partial charge in [-0.05, 0) is 48.1 Å². The van der Waals surface area contributed by atoms with Gasteiger partial charge in [0.2, 0.25) is 10.0 Å². The van der Waals surface area contributed by atoms with Crippen LogP contribution in [0.1, 0.15) is 6.42 Å². The SMILES string of the molecule is CNCCCS(=O)(=O)Nc1c(Cl)cc(F)cc1Br. The summed E-state index contributed by atoms with van der Waals surface area (Å²) in [7, 11) is -1.75. The highest BCUT2D eigenvalue weighted by molar-refractivity contribution is 9.10. The number of hydrogen-bond donors (Lipinski definition) is 2. The molecule has 18 heavy (non-hydrogen) atoms. The molecule has 0 unspecified atom stereocenters. The van der Waals surface area contributed by atoms with Crippen molar-refractivity contribution in [1.29, 1.82) is 0 Å². The Balaban J connectivity index is 2.84. The second kappa shape index (κ2) is 6.70. The summed E-state index contributed by atoms with van der Waals surface area (Å²) in [6, 6.07) is 2.20. The van der Waals surface area contributed by atoms with Crippen LogP contribution < -0.4 is 10.0 Å². The first-order valence-electron chi connectivity index (χ1n) is 5.15. The number of nitrogens with one attached hydrogen (secondary N) is 2. The van der Waals surface area contributed by atoms with Gasteiger partial charge in [-0.2, -0.15) is 0 Å². The van der Waals surface area contributed by atoms with Crippen molar-refractivity contribution in [3.8, 4) is 0 Å². The fourth-order valence-corrected chi connectivity index (χ4v) is 3.53. The van der Waals surface area contributed by atoms with Crippen LogP contribution in [0.4, 0.5) is 10.1 Å². The molecule has 2 N–H and O–H groups in total. The highest BCUT2D eigenvalue weighted by Gasteiger charge is 2.15. The van der Waals surface area contributed by atoms with E-state index in [-0.39, 0.29) is 20.9 Å². The van der Waals surface area contributed by atoms with Crippen molar-refractivity contribution >= 4 is 43.2 Å². The normalized spacial score (nSPS) is 11.6. The second-order valence-electron chi connectivity index (χ2n) is 3.62. The number of halogens is 3. The van der Waals surface area contributed by atoms with Crippen LogP contribution in [0, 0.1) is 5.82 Å². The highest BCUT2D eigenvalue weighted by Crippen LogP contribution is 2.32. The average Bonchev–Trinajstić information content (AvgIpc) is 2.23. The van der Waals surface area contributed by atoms with Gasteiger partial charge in [0.1, 0.15) is 5.82 Å². The molecule has 0 amide bonds.